The fraction of sp³-hybridized carbons (Fsp3) is 0.920. The van der Waals surface area contributed by atoms with Crippen LogP contribution in [0.25, 0.3) is 0 Å². The molecule has 0 heterocycles. The molecule has 29 heavy (non-hydrogen) atoms. The fourth-order valence-corrected chi connectivity index (χ4v) is 5.60. The van der Waals surface area contributed by atoms with E-state index in [1.807, 2.05) is 13.8 Å². The Morgan fingerprint density at radius 2 is 1.14 bits per heavy atom. The molecule has 1 aliphatic carbocycles. The molecular weight excluding hydrogens is 364 g/mol. The molecule has 2 unspecified atom stereocenters. The zero-order valence-corrected chi connectivity index (χ0v) is 19.3. The predicted molar refractivity (Wildman–Crippen MR) is 119 cm³/mol. The molecule has 170 valence electrons. The van der Waals surface area contributed by atoms with Gasteiger partial charge in [-0.15, -0.1) is 0 Å². The van der Waals surface area contributed by atoms with Crippen LogP contribution in [-0.4, -0.2) is 22.2 Å². The third kappa shape index (κ3) is 7.29. The number of unbranched alkanes of at least 4 members (excludes halogenated alkanes) is 10. The standard InChI is InChI=1S/C25H46O4/c1-4-5-6-7-8-9-10-11-12-13-14-17-24(22(26)27)18-15-16-19-25(24,23(28)29)20-21(2)3/h21H,4-20H2,1-3H3,(H,26,27)(H,28,29). The number of hydrogen-bond donors (Lipinski definition) is 2. The zero-order chi connectivity index (χ0) is 21.8. The second-order valence-corrected chi connectivity index (χ2v) is 9.87. The lowest BCUT2D eigenvalue weighted by Gasteiger charge is -2.49. The highest BCUT2D eigenvalue weighted by molar-refractivity contribution is 5.87. The molecule has 0 aromatic carbocycles. The average molecular weight is 411 g/mol. The number of carboxylic acids is 2. The number of hydrogen-bond acceptors (Lipinski definition) is 2. The molecule has 2 atom stereocenters. The molecule has 0 amide bonds. The van der Waals surface area contributed by atoms with E-state index >= 15 is 0 Å². The highest BCUT2D eigenvalue weighted by atomic mass is 16.4. The fourth-order valence-electron chi connectivity index (χ4n) is 5.60. The van der Waals surface area contributed by atoms with Gasteiger partial charge in [0.05, 0.1) is 10.8 Å². The van der Waals surface area contributed by atoms with Gasteiger partial charge in [0.2, 0.25) is 0 Å². The molecule has 0 saturated heterocycles. The maximum absolute atomic E-state index is 12.4. The van der Waals surface area contributed by atoms with Crippen LogP contribution < -0.4 is 0 Å². The molecule has 2 N–H and O–H groups in total. The van der Waals surface area contributed by atoms with E-state index < -0.39 is 22.8 Å². The Kier molecular flexibility index (Phi) is 11.9. The number of aliphatic carboxylic acids is 2. The van der Waals surface area contributed by atoms with E-state index in [9.17, 15) is 19.8 Å². The molecule has 4 nitrogen and oxygen atoms in total. The van der Waals surface area contributed by atoms with E-state index in [1.165, 1.54) is 51.4 Å². The lowest BCUT2D eigenvalue weighted by molar-refractivity contribution is -0.183. The Labute approximate surface area is 178 Å². The van der Waals surface area contributed by atoms with Gasteiger partial charge in [0, 0.05) is 0 Å². The summed E-state index contributed by atoms with van der Waals surface area (Å²) in [6, 6.07) is 0. The van der Waals surface area contributed by atoms with E-state index in [0.717, 1.165) is 32.1 Å². The third-order valence-corrected chi connectivity index (χ3v) is 7.16. The Bertz CT molecular complexity index is 487. The lowest BCUT2D eigenvalue weighted by atomic mass is 9.51. The molecule has 0 radical (unpaired) electrons. The zero-order valence-electron chi connectivity index (χ0n) is 19.3. The molecule has 0 aliphatic heterocycles. The molecule has 0 bridgehead atoms. The van der Waals surface area contributed by atoms with Gasteiger partial charge in [0.1, 0.15) is 0 Å². The molecular formula is C25H46O4. The van der Waals surface area contributed by atoms with Crippen molar-refractivity contribution in [3.8, 4) is 0 Å². The summed E-state index contributed by atoms with van der Waals surface area (Å²) in [5.74, 6) is -1.59. The predicted octanol–water partition coefficient (Wildman–Crippen LogP) is 7.45. The van der Waals surface area contributed by atoms with Gasteiger partial charge in [-0.2, -0.15) is 0 Å². The van der Waals surface area contributed by atoms with Crippen molar-refractivity contribution in [2.24, 2.45) is 16.7 Å². The lowest BCUT2D eigenvalue weighted by Crippen LogP contribution is -2.55. The van der Waals surface area contributed by atoms with E-state index in [0.29, 0.717) is 25.7 Å². The van der Waals surface area contributed by atoms with E-state index in [4.69, 9.17) is 0 Å². The number of carbonyl (C=O) groups is 2. The summed E-state index contributed by atoms with van der Waals surface area (Å²) in [6.07, 6.45) is 17.1. The van der Waals surface area contributed by atoms with E-state index in [1.54, 1.807) is 0 Å². The molecule has 1 saturated carbocycles. The average Bonchev–Trinajstić information content (AvgIpc) is 2.66. The molecule has 4 heteroatoms. The van der Waals surface area contributed by atoms with Crippen molar-refractivity contribution in [2.45, 2.75) is 130 Å². The van der Waals surface area contributed by atoms with Gasteiger partial charge >= 0.3 is 11.9 Å². The summed E-state index contributed by atoms with van der Waals surface area (Å²) < 4.78 is 0. The molecule has 1 rings (SSSR count). The molecule has 1 aliphatic rings. The van der Waals surface area contributed by atoms with Crippen LogP contribution in [0.15, 0.2) is 0 Å². The van der Waals surface area contributed by atoms with Crippen molar-refractivity contribution >= 4 is 11.9 Å². The van der Waals surface area contributed by atoms with Crippen LogP contribution in [-0.2, 0) is 9.59 Å². The molecule has 0 aromatic heterocycles. The van der Waals surface area contributed by atoms with Gasteiger partial charge in [-0.05, 0) is 31.6 Å². The van der Waals surface area contributed by atoms with Gasteiger partial charge in [0.15, 0.2) is 0 Å². The topological polar surface area (TPSA) is 74.6 Å². The van der Waals surface area contributed by atoms with Gasteiger partial charge in [0.25, 0.3) is 0 Å². The Morgan fingerprint density at radius 3 is 1.55 bits per heavy atom. The smallest absolute Gasteiger partial charge is 0.310 e. The van der Waals surface area contributed by atoms with Crippen molar-refractivity contribution in [1.82, 2.24) is 0 Å². The highest BCUT2D eigenvalue weighted by Crippen LogP contribution is 2.57. The van der Waals surface area contributed by atoms with Crippen molar-refractivity contribution in [1.29, 1.82) is 0 Å². The summed E-state index contributed by atoms with van der Waals surface area (Å²) in [5.41, 5.74) is -2.20. The first kappa shape index (κ1) is 26.0. The number of rotatable bonds is 16. The van der Waals surface area contributed by atoms with Gasteiger partial charge in [-0.3, -0.25) is 9.59 Å². The minimum absolute atomic E-state index is 0.181. The summed E-state index contributed by atoms with van der Waals surface area (Å²) in [5, 5.41) is 20.3. The molecule has 0 aromatic rings. The van der Waals surface area contributed by atoms with Crippen LogP contribution in [0.1, 0.15) is 130 Å². The first-order valence-electron chi connectivity index (χ1n) is 12.3. The van der Waals surface area contributed by atoms with E-state index in [2.05, 4.69) is 6.92 Å². The van der Waals surface area contributed by atoms with Crippen LogP contribution in [0.4, 0.5) is 0 Å². The minimum Gasteiger partial charge on any atom is -0.481 e. The van der Waals surface area contributed by atoms with Crippen LogP contribution in [0.5, 0.6) is 0 Å². The quantitative estimate of drug-likeness (QED) is 0.259. The van der Waals surface area contributed by atoms with Crippen molar-refractivity contribution in [3.63, 3.8) is 0 Å². The second-order valence-electron chi connectivity index (χ2n) is 9.87. The van der Waals surface area contributed by atoms with Crippen LogP contribution in [0.2, 0.25) is 0 Å². The van der Waals surface area contributed by atoms with Crippen LogP contribution in [0, 0.1) is 16.7 Å². The molecule has 1 fully saturated rings. The Balaban J connectivity index is 2.54. The highest BCUT2D eigenvalue weighted by Gasteiger charge is 2.61. The summed E-state index contributed by atoms with van der Waals surface area (Å²) >= 11 is 0. The molecule has 0 spiro atoms. The van der Waals surface area contributed by atoms with Crippen molar-refractivity contribution < 1.29 is 19.8 Å². The first-order valence-corrected chi connectivity index (χ1v) is 12.3. The summed E-state index contributed by atoms with van der Waals surface area (Å²) in [7, 11) is 0. The minimum atomic E-state index is -1.11. The normalized spacial score (nSPS) is 24.7. The second kappa shape index (κ2) is 13.3. The summed E-state index contributed by atoms with van der Waals surface area (Å²) in [6.45, 7) is 6.26. The summed E-state index contributed by atoms with van der Waals surface area (Å²) in [4.78, 5) is 24.8. The van der Waals surface area contributed by atoms with Crippen molar-refractivity contribution in [2.75, 3.05) is 0 Å². The SMILES string of the molecule is CCCCCCCCCCCCCC1(C(=O)O)CCCCC1(CC(C)C)C(=O)O. The van der Waals surface area contributed by atoms with Gasteiger partial charge in [-0.25, -0.2) is 0 Å². The van der Waals surface area contributed by atoms with Crippen LogP contribution in [0.3, 0.4) is 0 Å². The van der Waals surface area contributed by atoms with Crippen LogP contribution >= 0.6 is 0 Å². The third-order valence-electron chi connectivity index (χ3n) is 7.16. The first-order chi connectivity index (χ1) is 13.8. The largest absolute Gasteiger partial charge is 0.481 e. The van der Waals surface area contributed by atoms with E-state index in [-0.39, 0.29) is 5.92 Å². The van der Waals surface area contributed by atoms with Gasteiger partial charge < -0.3 is 10.2 Å². The maximum Gasteiger partial charge on any atom is 0.310 e. The Hall–Kier alpha value is -1.06. The van der Waals surface area contributed by atoms with Crippen molar-refractivity contribution in [3.05, 3.63) is 0 Å². The monoisotopic (exact) mass is 410 g/mol. The number of carboxylic acid groups (broad SMARTS) is 2. The maximum atomic E-state index is 12.4. The van der Waals surface area contributed by atoms with Gasteiger partial charge in [-0.1, -0.05) is 104 Å². The Morgan fingerprint density at radius 1 is 0.724 bits per heavy atom.